The number of nitrogens with zero attached hydrogens (tertiary/aromatic N) is 2. The van der Waals surface area contributed by atoms with Gasteiger partial charge in [0, 0.05) is 30.7 Å². The third kappa shape index (κ3) is 5.75. The molecule has 3 aromatic rings. The van der Waals surface area contributed by atoms with Gasteiger partial charge in [-0.3, -0.25) is 0 Å². The van der Waals surface area contributed by atoms with Crippen LogP contribution < -0.4 is 9.47 Å². The summed E-state index contributed by atoms with van der Waals surface area (Å²) in [6.07, 6.45) is 2.31. The molecule has 0 bridgehead atoms. The molecule has 10 heteroatoms. The summed E-state index contributed by atoms with van der Waals surface area (Å²) < 4.78 is 46.2. The van der Waals surface area contributed by atoms with Gasteiger partial charge >= 0.3 is 0 Å². The van der Waals surface area contributed by atoms with E-state index in [1.165, 1.54) is 12.3 Å². The average Bonchev–Trinajstić information content (AvgIpc) is 3.43. The zero-order valence-electron chi connectivity index (χ0n) is 19.4. The van der Waals surface area contributed by atoms with Crippen LogP contribution in [0.15, 0.2) is 58.7 Å². The van der Waals surface area contributed by atoms with Gasteiger partial charge in [0.05, 0.1) is 18.8 Å². The van der Waals surface area contributed by atoms with Crippen molar-refractivity contribution >= 4 is 15.7 Å². The maximum absolute atomic E-state index is 11.7. The van der Waals surface area contributed by atoms with Crippen molar-refractivity contribution in [2.45, 2.75) is 31.0 Å². The number of ether oxygens (including phenoxy) is 4. The summed E-state index contributed by atoms with van der Waals surface area (Å²) in [7, 11) is -1.77. The van der Waals surface area contributed by atoms with Crippen molar-refractivity contribution in [2.75, 3.05) is 26.6 Å². The van der Waals surface area contributed by atoms with Crippen LogP contribution in [-0.4, -0.2) is 63.0 Å². The van der Waals surface area contributed by atoms with Crippen LogP contribution in [0.25, 0.3) is 11.3 Å². The molecule has 9 nitrogen and oxygen atoms in total. The lowest BCUT2D eigenvalue weighted by atomic mass is 10.1. The molecular formula is C24H27N3O6S. The number of pyridine rings is 1. The maximum Gasteiger partial charge on any atom is 0.233 e. The molecule has 2 atom stereocenters. The first-order chi connectivity index (χ1) is 16.2. The first-order valence-electron chi connectivity index (χ1n) is 10.8. The highest BCUT2D eigenvalue weighted by atomic mass is 32.2. The van der Waals surface area contributed by atoms with Crippen LogP contribution in [0.4, 0.5) is 0 Å². The maximum atomic E-state index is 11.7. The van der Waals surface area contributed by atoms with Gasteiger partial charge in [0.25, 0.3) is 0 Å². The molecule has 2 aromatic heterocycles. The van der Waals surface area contributed by atoms with E-state index >= 15 is 0 Å². The molecular weight excluding hydrogens is 458 g/mol. The smallest absolute Gasteiger partial charge is 0.233 e. The van der Waals surface area contributed by atoms with Crippen LogP contribution in [0, 0.1) is 0 Å². The summed E-state index contributed by atoms with van der Waals surface area (Å²) in [5.41, 5.74) is 2.46. The van der Waals surface area contributed by atoms with E-state index in [0.717, 1.165) is 23.2 Å². The topological polar surface area (TPSA) is 112 Å². The van der Waals surface area contributed by atoms with Gasteiger partial charge in [0.1, 0.15) is 35.7 Å². The molecule has 0 aliphatic carbocycles. The Kier molecular flexibility index (Phi) is 6.90. The second-order valence-corrected chi connectivity index (χ2v) is 10.1. The number of methoxy groups -OCH3 is 1. The van der Waals surface area contributed by atoms with Gasteiger partial charge in [-0.25, -0.2) is 18.4 Å². The van der Waals surface area contributed by atoms with Crippen molar-refractivity contribution < 1.29 is 27.4 Å². The molecule has 0 amide bonds. The normalized spacial score (nSPS) is 16.6. The summed E-state index contributed by atoms with van der Waals surface area (Å²) in [5.74, 6) is 2.09. The predicted octanol–water partition coefficient (Wildman–Crippen LogP) is 3.85. The number of nitrogens with one attached hydrogen (secondary N) is 1. The predicted molar refractivity (Wildman–Crippen MR) is 128 cm³/mol. The second-order valence-electron chi connectivity index (χ2n) is 8.16. The highest BCUT2D eigenvalue weighted by Gasteiger charge is 2.18. The Morgan fingerprint density at radius 2 is 1.88 bits per heavy atom. The Morgan fingerprint density at radius 1 is 1.12 bits per heavy atom. The van der Waals surface area contributed by atoms with E-state index < -0.39 is 9.84 Å². The number of H-pyrrole nitrogens is 1. The molecule has 4 rings (SSSR count). The number of sulfone groups is 1. The third-order valence-corrected chi connectivity index (χ3v) is 5.97. The molecule has 3 heterocycles. The summed E-state index contributed by atoms with van der Waals surface area (Å²) in [6.45, 7) is 4.90. The summed E-state index contributed by atoms with van der Waals surface area (Å²) in [6, 6.07) is 12.5. The van der Waals surface area contributed by atoms with Crippen LogP contribution in [0.2, 0.25) is 0 Å². The average molecular weight is 486 g/mol. The minimum absolute atomic E-state index is 0.0173. The summed E-state index contributed by atoms with van der Waals surface area (Å²) in [5, 5.41) is -0.0173. The molecule has 0 radical (unpaired) electrons. The van der Waals surface area contributed by atoms with Crippen LogP contribution in [0.1, 0.15) is 19.5 Å². The van der Waals surface area contributed by atoms with Crippen LogP contribution >= 0.6 is 0 Å². The highest BCUT2D eigenvalue weighted by Crippen LogP contribution is 2.33. The number of aromatic nitrogens is 2. The van der Waals surface area contributed by atoms with E-state index in [1.54, 1.807) is 19.2 Å². The number of hydrogen-bond donors (Lipinski definition) is 1. The van der Waals surface area contributed by atoms with Crippen LogP contribution in [0.5, 0.6) is 17.2 Å². The van der Waals surface area contributed by atoms with Gasteiger partial charge in [-0.1, -0.05) is 0 Å². The first-order valence-corrected chi connectivity index (χ1v) is 12.7. The number of benzene rings is 1. The molecule has 1 N–H and O–H groups in total. The number of aliphatic imine (C=N–C) groups is 1. The van der Waals surface area contributed by atoms with E-state index in [9.17, 15) is 8.42 Å². The molecule has 180 valence electrons. The monoisotopic (exact) mass is 485 g/mol. The van der Waals surface area contributed by atoms with Gasteiger partial charge < -0.3 is 23.9 Å². The highest BCUT2D eigenvalue weighted by molar-refractivity contribution is 7.90. The summed E-state index contributed by atoms with van der Waals surface area (Å²) in [4.78, 5) is 11.8. The molecule has 0 saturated heterocycles. The van der Waals surface area contributed by atoms with Gasteiger partial charge in [0.15, 0.2) is 14.9 Å². The van der Waals surface area contributed by atoms with Crippen LogP contribution in [-0.2, 0) is 19.3 Å². The van der Waals surface area contributed by atoms with Gasteiger partial charge in [-0.05, 0) is 50.2 Å². The number of hydrogen-bond acceptors (Lipinski definition) is 8. The van der Waals surface area contributed by atoms with Crippen molar-refractivity contribution in [1.29, 1.82) is 0 Å². The zero-order valence-corrected chi connectivity index (χ0v) is 20.3. The largest absolute Gasteiger partial charge is 0.488 e. The number of aromatic amines is 1. The molecule has 1 aliphatic heterocycles. The van der Waals surface area contributed by atoms with Gasteiger partial charge in [0.2, 0.25) is 5.90 Å². The SMILES string of the molecule is COC[C@H](C)Oc1cc(Oc2ccc(S(C)(=O)=O)nc2)cc(-c2ccc(C3=N[C@H](C)CO3)[nH]2)c1. The molecule has 1 aliphatic rings. The second kappa shape index (κ2) is 9.86. The summed E-state index contributed by atoms with van der Waals surface area (Å²) >= 11 is 0. The molecule has 1 aromatic carbocycles. The zero-order chi connectivity index (χ0) is 24.3. The van der Waals surface area contributed by atoms with Gasteiger partial charge in [-0.2, -0.15) is 0 Å². The third-order valence-electron chi connectivity index (χ3n) is 4.97. The quantitative estimate of drug-likeness (QED) is 0.490. The van der Waals surface area contributed by atoms with Crippen molar-refractivity contribution in [3.8, 4) is 28.5 Å². The minimum atomic E-state index is -3.39. The molecule has 34 heavy (non-hydrogen) atoms. The van der Waals surface area contributed by atoms with Crippen molar-refractivity contribution in [3.63, 3.8) is 0 Å². The van der Waals surface area contributed by atoms with E-state index in [1.807, 2.05) is 38.1 Å². The van der Waals surface area contributed by atoms with E-state index in [-0.39, 0.29) is 17.2 Å². The van der Waals surface area contributed by atoms with E-state index in [4.69, 9.17) is 18.9 Å². The molecule has 0 spiro atoms. The number of rotatable bonds is 9. The lowest BCUT2D eigenvalue weighted by molar-refractivity contribution is 0.0920. The van der Waals surface area contributed by atoms with E-state index in [0.29, 0.717) is 36.4 Å². The first kappa shape index (κ1) is 23.8. The fourth-order valence-corrected chi connectivity index (χ4v) is 4.01. The molecule has 0 unspecified atom stereocenters. The molecule has 0 fully saturated rings. The Labute approximate surface area is 198 Å². The van der Waals surface area contributed by atoms with Gasteiger partial charge in [-0.15, -0.1) is 0 Å². The van der Waals surface area contributed by atoms with Crippen molar-refractivity contribution in [1.82, 2.24) is 9.97 Å². The fraction of sp³-hybridized carbons (Fsp3) is 0.333. The Morgan fingerprint density at radius 3 is 2.53 bits per heavy atom. The standard InChI is InChI=1S/C24H27N3O6S/c1-15-13-31-24(26-15)22-7-6-21(27-22)17-9-19(32-16(2)14-30-3)11-20(10-17)33-18-5-8-23(25-12-18)34(4,28)29/h5-12,15-16,27H,13-14H2,1-4H3/t15-,16+/m1/s1. The fourth-order valence-electron chi connectivity index (χ4n) is 3.45. The van der Waals surface area contributed by atoms with Crippen LogP contribution in [0.3, 0.4) is 0 Å². The lowest BCUT2D eigenvalue weighted by Gasteiger charge is -2.16. The Balaban J connectivity index is 1.64. The minimum Gasteiger partial charge on any atom is -0.488 e. The molecule has 0 saturated carbocycles. The van der Waals surface area contributed by atoms with Crippen molar-refractivity contribution in [3.05, 3.63) is 54.4 Å². The Bertz CT molecular complexity index is 1280. The Hall–Kier alpha value is -3.37. The lowest BCUT2D eigenvalue weighted by Crippen LogP contribution is -2.17. The van der Waals surface area contributed by atoms with E-state index in [2.05, 4.69) is 15.0 Å². The van der Waals surface area contributed by atoms with Crippen molar-refractivity contribution in [2.24, 2.45) is 4.99 Å².